The Labute approximate surface area is 183 Å². The highest BCUT2D eigenvalue weighted by atomic mass is 35.5. The first-order valence-corrected chi connectivity index (χ1v) is 10.2. The van der Waals surface area contributed by atoms with Crippen molar-refractivity contribution in [2.24, 2.45) is 0 Å². The molecule has 0 radical (unpaired) electrons. The third-order valence-electron chi connectivity index (χ3n) is 4.85. The average Bonchev–Trinajstić information content (AvgIpc) is 2.75. The highest BCUT2D eigenvalue weighted by molar-refractivity contribution is 6.15. The van der Waals surface area contributed by atoms with E-state index in [-0.39, 0.29) is 30.1 Å². The molecule has 0 aliphatic carbocycles. The monoisotopic (exact) mass is 432 g/mol. The van der Waals surface area contributed by atoms with E-state index in [4.69, 9.17) is 9.47 Å². The van der Waals surface area contributed by atoms with Crippen molar-refractivity contribution in [2.45, 2.75) is 32.7 Å². The number of nitrogens with one attached hydrogen (secondary N) is 2. The Balaban J connectivity index is 0.00000320. The van der Waals surface area contributed by atoms with Gasteiger partial charge in [0.05, 0.1) is 18.8 Å². The summed E-state index contributed by atoms with van der Waals surface area (Å²) in [6, 6.07) is 12.1. The summed E-state index contributed by atoms with van der Waals surface area (Å²) in [6.45, 7) is 6.47. The predicted octanol–water partition coefficient (Wildman–Crippen LogP) is 3.62. The summed E-state index contributed by atoms with van der Waals surface area (Å²) in [5, 5.41) is 6.32. The molecule has 30 heavy (non-hydrogen) atoms. The number of rotatable bonds is 8. The third kappa shape index (κ3) is 5.74. The molecule has 1 atom stereocenters. The van der Waals surface area contributed by atoms with Crippen LogP contribution < -0.4 is 20.1 Å². The third-order valence-corrected chi connectivity index (χ3v) is 4.85. The first kappa shape index (κ1) is 23.7. The number of hydrogen-bond acceptors (Lipinski definition) is 5. The van der Waals surface area contributed by atoms with Gasteiger partial charge in [-0.2, -0.15) is 0 Å². The van der Waals surface area contributed by atoms with Gasteiger partial charge in [-0.15, -0.1) is 12.4 Å². The fourth-order valence-electron chi connectivity index (χ4n) is 3.47. The van der Waals surface area contributed by atoms with Crippen molar-refractivity contribution in [1.82, 2.24) is 10.6 Å². The molecule has 1 fully saturated rings. The molecule has 1 aliphatic heterocycles. The minimum Gasteiger partial charge on any atom is -0.490 e. The molecule has 7 heteroatoms. The number of ether oxygens (including phenoxy) is 2. The maximum atomic E-state index is 13.2. The smallest absolute Gasteiger partial charge is 0.252 e. The van der Waals surface area contributed by atoms with Crippen LogP contribution in [0.4, 0.5) is 0 Å². The summed E-state index contributed by atoms with van der Waals surface area (Å²) in [5.41, 5.74) is 1.21. The molecule has 1 heterocycles. The lowest BCUT2D eigenvalue weighted by Crippen LogP contribution is -2.45. The number of carbonyl (C=O) groups excluding carboxylic acids is 2. The molecule has 0 unspecified atom stereocenters. The molecule has 2 aromatic carbocycles. The Morgan fingerprint density at radius 3 is 2.40 bits per heavy atom. The zero-order valence-electron chi connectivity index (χ0n) is 17.4. The first-order chi connectivity index (χ1) is 14.1. The molecule has 0 saturated carbocycles. The first-order valence-electron chi connectivity index (χ1n) is 10.2. The highest BCUT2D eigenvalue weighted by Crippen LogP contribution is 2.30. The van der Waals surface area contributed by atoms with Crippen LogP contribution >= 0.6 is 12.4 Å². The molecule has 1 saturated heterocycles. The van der Waals surface area contributed by atoms with Gasteiger partial charge in [0.25, 0.3) is 5.91 Å². The molecular formula is C23H29ClN2O4. The molecule has 0 aromatic heterocycles. The molecule has 2 aromatic rings. The quantitative estimate of drug-likeness (QED) is 0.623. The summed E-state index contributed by atoms with van der Waals surface area (Å²) < 4.78 is 11.2. The van der Waals surface area contributed by atoms with Gasteiger partial charge in [-0.1, -0.05) is 18.2 Å². The van der Waals surface area contributed by atoms with E-state index in [1.54, 1.807) is 42.5 Å². The number of piperidine rings is 1. The lowest BCUT2D eigenvalue weighted by Gasteiger charge is -2.24. The van der Waals surface area contributed by atoms with Gasteiger partial charge in [-0.3, -0.25) is 9.59 Å². The fraction of sp³-hybridized carbons (Fsp3) is 0.391. The maximum Gasteiger partial charge on any atom is 0.252 e. The van der Waals surface area contributed by atoms with Gasteiger partial charge in [-0.25, -0.2) is 0 Å². The van der Waals surface area contributed by atoms with Gasteiger partial charge in [0.2, 0.25) is 0 Å². The average molecular weight is 433 g/mol. The van der Waals surface area contributed by atoms with Crippen LogP contribution in [0.1, 0.15) is 53.0 Å². The van der Waals surface area contributed by atoms with Crippen LogP contribution in [0.2, 0.25) is 0 Å². The molecule has 3 rings (SSSR count). The van der Waals surface area contributed by atoms with Crippen LogP contribution in [-0.2, 0) is 0 Å². The normalized spacial score (nSPS) is 15.6. The number of amides is 1. The molecule has 0 spiro atoms. The van der Waals surface area contributed by atoms with Crippen molar-refractivity contribution in [3.05, 3.63) is 59.2 Å². The van der Waals surface area contributed by atoms with Gasteiger partial charge in [0.1, 0.15) is 0 Å². The maximum absolute atomic E-state index is 13.2. The number of halogens is 1. The van der Waals surface area contributed by atoms with Crippen LogP contribution in [0.3, 0.4) is 0 Å². The van der Waals surface area contributed by atoms with Crippen LogP contribution in [0, 0.1) is 0 Å². The largest absolute Gasteiger partial charge is 0.490 e. The van der Waals surface area contributed by atoms with E-state index in [2.05, 4.69) is 10.6 Å². The van der Waals surface area contributed by atoms with Crippen molar-refractivity contribution >= 4 is 24.1 Å². The Morgan fingerprint density at radius 2 is 1.73 bits per heavy atom. The summed E-state index contributed by atoms with van der Waals surface area (Å²) in [6.07, 6.45) is 1.96. The SMILES string of the molecule is CCOc1ccc(C(=O)c2ccccc2C(=O)N[C@H]2CCCNC2)cc1OCC.Cl. The second kappa shape index (κ2) is 11.6. The van der Waals surface area contributed by atoms with Crippen molar-refractivity contribution in [3.63, 3.8) is 0 Å². The van der Waals surface area contributed by atoms with E-state index in [1.807, 2.05) is 13.8 Å². The molecule has 1 aliphatic rings. The van der Waals surface area contributed by atoms with Gasteiger partial charge in [0, 0.05) is 23.7 Å². The second-order valence-corrected chi connectivity index (χ2v) is 6.92. The standard InChI is InChI=1S/C23H28N2O4.ClH/c1-3-28-20-12-11-16(14-21(20)29-4-2)22(26)18-9-5-6-10-19(18)23(27)25-17-8-7-13-24-15-17;/h5-6,9-12,14,17,24H,3-4,7-8,13,15H2,1-2H3,(H,25,27);1H/t17-;/m0./s1. The van der Waals surface area contributed by atoms with Crippen molar-refractivity contribution in [1.29, 1.82) is 0 Å². The number of hydrogen-bond donors (Lipinski definition) is 2. The van der Waals surface area contributed by atoms with Gasteiger partial charge in [0.15, 0.2) is 17.3 Å². The zero-order chi connectivity index (χ0) is 20.6. The van der Waals surface area contributed by atoms with E-state index < -0.39 is 0 Å². The topological polar surface area (TPSA) is 76.7 Å². The highest BCUT2D eigenvalue weighted by Gasteiger charge is 2.22. The lowest BCUT2D eigenvalue weighted by molar-refractivity contribution is 0.0921. The molecule has 2 N–H and O–H groups in total. The van der Waals surface area contributed by atoms with E-state index in [1.165, 1.54) is 0 Å². The van der Waals surface area contributed by atoms with Crippen molar-refractivity contribution in [2.75, 3.05) is 26.3 Å². The Bertz CT molecular complexity index is 866. The summed E-state index contributed by atoms with van der Waals surface area (Å²) in [5.74, 6) is 0.678. The van der Waals surface area contributed by atoms with E-state index in [0.29, 0.717) is 41.4 Å². The van der Waals surface area contributed by atoms with Gasteiger partial charge >= 0.3 is 0 Å². The lowest BCUT2D eigenvalue weighted by atomic mass is 9.97. The number of ketones is 1. The fourth-order valence-corrected chi connectivity index (χ4v) is 3.47. The Kier molecular flexibility index (Phi) is 9.15. The van der Waals surface area contributed by atoms with Gasteiger partial charge in [-0.05, 0) is 57.5 Å². The van der Waals surface area contributed by atoms with Crippen LogP contribution in [0.5, 0.6) is 11.5 Å². The molecule has 6 nitrogen and oxygen atoms in total. The molecule has 162 valence electrons. The summed E-state index contributed by atoms with van der Waals surface area (Å²) >= 11 is 0. The van der Waals surface area contributed by atoms with E-state index >= 15 is 0 Å². The van der Waals surface area contributed by atoms with Crippen LogP contribution in [-0.4, -0.2) is 44.0 Å². The molecule has 0 bridgehead atoms. The van der Waals surface area contributed by atoms with E-state index in [0.717, 1.165) is 25.9 Å². The second-order valence-electron chi connectivity index (χ2n) is 6.92. The summed E-state index contributed by atoms with van der Waals surface area (Å²) in [4.78, 5) is 26.0. The molecular weight excluding hydrogens is 404 g/mol. The zero-order valence-corrected chi connectivity index (χ0v) is 18.2. The molecule has 1 amide bonds. The van der Waals surface area contributed by atoms with Crippen LogP contribution in [0.25, 0.3) is 0 Å². The predicted molar refractivity (Wildman–Crippen MR) is 119 cm³/mol. The summed E-state index contributed by atoms with van der Waals surface area (Å²) in [7, 11) is 0. The van der Waals surface area contributed by atoms with E-state index in [9.17, 15) is 9.59 Å². The van der Waals surface area contributed by atoms with Crippen molar-refractivity contribution < 1.29 is 19.1 Å². The minimum absolute atomic E-state index is 0. The van der Waals surface area contributed by atoms with Gasteiger partial charge < -0.3 is 20.1 Å². The number of carbonyl (C=O) groups is 2. The van der Waals surface area contributed by atoms with Crippen molar-refractivity contribution in [3.8, 4) is 11.5 Å². The Hall–Kier alpha value is -2.57. The minimum atomic E-state index is -0.224. The number of benzene rings is 2. The Morgan fingerprint density at radius 1 is 1.03 bits per heavy atom. The van der Waals surface area contributed by atoms with Crippen LogP contribution in [0.15, 0.2) is 42.5 Å².